The fourth-order valence-electron chi connectivity index (χ4n) is 2.96. The number of aromatic nitrogens is 4. The minimum Gasteiger partial charge on any atom is -0.274 e. The Morgan fingerprint density at radius 2 is 2.03 bits per heavy atom. The van der Waals surface area contributed by atoms with E-state index >= 15 is 0 Å². The standard InChI is InChI=1S/C22H20ClN5O2S2/c1-2-30-27-21(29)18-13-31-20(24-18)14-32-22-26-25-19(11-15-7-4-3-5-8-15)28(22)17-10-6-9-16(23)12-17/h3-10,12-13H,2,11,14H2,1H3,(H,27,29). The van der Waals surface area contributed by atoms with Gasteiger partial charge in [0.1, 0.15) is 16.5 Å². The average Bonchev–Trinajstić information content (AvgIpc) is 3.44. The fourth-order valence-corrected chi connectivity index (χ4v) is 4.91. The molecular formula is C22H20ClN5O2S2. The number of carbonyl (C=O) groups excluding carboxylic acids is 1. The molecule has 0 saturated heterocycles. The molecule has 4 rings (SSSR count). The van der Waals surface area contributed by atoms with Gasteiger partial charge in [-0.25, -0.2) is 10.5 Å². The van der Waals surface area contributed by atoms with Gasteiger partial charge in [0.05, 0.1) is 18.0 Å². The minimum atomic E-state index is -0.355. The van der Waals surface area contributed by atoms with Crippen LogP contribution in [-0.4, -0.2) is 32.3 Å². The van der Waals surface area contributed by atoms with Crippen molar-refractivity contribution in [3.8, 4) is 5.69 Å². The van der Waals surface area contributed by atoms with E-state index in [1.165, 1.54) is 23.1 Å². The van der Waals surface area contributed by atoms with E-state index in [1.807, 2.05) is 47.0 Å². The normalized spacial score (nSPS) is 10.9. The molecule has 0 aliphatic carbocycles. The topological polar surface area (TPSA) is 81.9 Å². The zero-order valence-corrected chi connectivity index (χ0v) is 19.6. The summed E-state index contributed by atoms with van der Waals surface area (Å²) in [6.45, 7) is 2.19. The number of thiazole rings is 1. The van der Waals surface area contributed by atoms with Crippen LogP contribution in [0.4, 0.5) is 0 Å². The maximum Gasteiger partial charge on any atom is 0.294 e. The van der Waals surface area contributed by atoms with Crippen molar-refractivity contribution in [2.45, 2.75) is 24.3 Å². The lowest BCUT2D eigenvalue weighted by molar-refractivity contribution is 0.0360. The lowest BCUT2D eigenvalue weighted by Gasteiger charge is -2.10. The second-order valence-electron chi connectivity index (χ2n) is 6.66. The largest absolute Gasteiger partial charge is 0.294 e. The number of hydrogen-bond donors (Lipinski definition) is 1. The molecule has 1 N–H and O–H groups in total. The number of halogens is 1. The predicted octanol–water partition coefficient (Wildman–Crippen LogP) is 4.94. The van der Waals surface area contributed by atoms with Crippen molar-refractivity contribution in [1.29, 1.82) is 0 Å². The average molecular weight is 486 g/mol. The first-order valence-electron chi connectivity index (χ1n) is 9.87. The molecule has 32 heavy (non-hydrogen) atoms. The van der Waals surface area contributed by atoms with Gasteiger partial charge in [0, 0.05) is 16.8 Å². The van der Waals surface area contributed by atoms with Crippen molar-refractivity contribution in [2.75, 3.05) is 6.61 Å². The molecule has 0 aliphatic rings. The molecule has 2 aromatic heterocycles. The molecule has 1 amide bonds. The van der Waals surface area contributed by atoms with Gasteiger partial charge in [-0.3, -0.25) is 14.2 Å². The Kier molecular flexibility index (Phi) is 7.54. The minimum absolute atomic E-state index is 0.333. The first-order chi connectivity index (χ1) is 15.6. The molecule has 0 spiro atoms. The zero-order chi connectivity index (χ0) is 22.3. The number of nitrogens with one attached hydrogen (secondary N) is 1. The third kappa shape index (κ3) is 5.55. The van der Waals surface area contributed by atoms with Crippen LogP contribution >= 0.6 is 34.7 Å². The van der Waals surface area contributed by atoms with E-state index in [4.69, 9.17) is 16.4 Å². The second-order valence-corrected chi connectivity index (χ2v) is 8.98. The first-order valence-corrected chi connectivity index (χ1v) is 12.1. The van der Waals surface area contributed by atoms with E-state index in [2.05, 4.69) is 32.8 Å². The zero-order valence-electron chi connectivity index (χ0n) is 17.2. The van der Waals surface area contributed by atoms with E-state index in [1.54, 1.807) is 12.3 Å². The first kappa shape index (κ1) is 22.5. The molecule has 4 aromatic rings. The third-order valence-electron chi connectivity index (χ3n) is 4.39. The van der Waals surface area contributed by atoms with Crippen molar-refractivity contribution in [1.82, 2.24) is 25.2 Å². The van der Waals surface area contributed by atoms with Crippen LogP contribution in [0.2, 0.25) is 5.02 Å². The molecular weight excluding hydrogens is 466 g/mol. The third-order valence-corrected chi connectivity index (χ3v) is 6.60. The fraction of sp³-hybridized carbons (Fsp3) is 0.182. The van der Waals surface area contributed by atoms with Crippen molar-refractivity contribution in [2.24, 2.45) is 0 Å². The molecule has 2 heterocycles. The Morgan fingerprint density at radius 3 is 2.81 bits per heavy atom. The summed E-state index contributed by atoms with van der Waals surface area (Å²) in [6.07, 6.45) is 0.639. The number of benzene rings is 2. The number of hydrogen-bond acceptors (Lipinski definition) is 7. The molecule has 0 saturated carbocycles. The molecule has 7 nitrogen and oxygen atoms in total. The summed E-state index contributed by atoms with van der Waals surface area (Å²) in [5.41, 5.74) is 4.73. The summed E-state index contributed by atoms with van der Waals surface area (Å²) in [7, 11) is 0. The number of amides is 1. The lowest BCUT2D eigenvalue weighted by atomic mass is 10.1. The monoisotopic (exact) mass is 485 g/mol. The van der Waals surface area contributed by atoms with Crippen LogP contribution < -0.4 is 5.48 Å². The molecule has 0 radical (unpaired) electrons. The van der Waals surface area contributed by atoms with Crippen LogP contribution in [0.25, 0.3) is 5.69 Å². The molecule has 10 heteroatoms. The Balaban J connectivity index is 1.56. The van der Waals surface area contributed by atoms with E-state index in [-0.39, 0.29) is 5.91 Å². The number of nitrogens with zero attached hydrogens (tertiary/aromatic N) is 4. The van der Waals surface area contributed by atoms with E-state index in [0.717, 1.165) is 27.2 Å². The maximum atomic E-state index is 12.0. The molecule has 0 bridgehead atoms. The highest BCUT2D eigenvalue weighted by molar-refractivity contribution is 7.98. The Hall–Kier alpha value is -2.72. The molecule has 164 valence electrons. The van der Waals surface area contributed by atoms with Gasteiger partial charge in [0.15, 0.2) is 5.16 Å². The maximum absolute atomic E-state index is 12.0. The Morgan fingerprint density at radius 1 is 1.19 bits per heavy atom. The molecule has 0 unspecified atom stereocenters. The van der Waals surface area contributed by atoms with Crippen molar-refractivity contribution >= 4 is 40.6 Å². The second kappa shape index (κ2) is 10.7. The Bertz CT molecular complexity index is 1200. The predicted molar refractivity (Wildman–Crippen MR) is 126 cm³/mol. The summed E-state index contributed by atoms with van der Waals surface area (Å²) in [5, 5.41) is 12.8. The lowest BCUT2D eigenvalue weighted by Crippen LogP contribution is -2.23. The number of carbonyl (C=O) groups is 1. The molecule has 2 aromatic carbocycles. The number of rotatable bonds is 9. The highest BCUT2D eigenvalue weighted by Gasteiger charge is 2.17. The van der Waals surface area contributed by atoms with Crippen LogP contribution in [-0.2, 0) is 17.0 Å². The number of thioether (sulfide) groups is 1. The van der Waals surface area contributed by atoms with Crippen LogP contribution in [0.3, 0.4) is 0 Å². The van der Waals surface area contributed by atoms with Crippen LogP contribution in [0, 0.1) is 0 Å². The van der Waals surface area contributed by atoms with E-state index in [9.17, 15) is 4.79 Å². The van der Waals surface area contributed by atoms with Crippen LogP contribution in [0.15, 0.2) is 65.1 Å². The smallest absolute Gasteiger partial charge is 0.274 e. The van der Waals surface area contributed by atoms with Gasteiger partial charge in [0.25, 0.3) is 5.91 Å². The summed E-state index contributed by atoms with van der Waals surface area (Å²) in [4.78, 5) is 21.3. The number of hydroxylamine groups is 1. The van der Waals surface area contributed by atoms with Gasteiger partial charge in [-0.2, -0.15) is 0 Å². The highest BCUT2D eigenvalue weighted by atomic mass is 35.5. The van der Waals surface area contributed by atoms with Gasteiger partial charge in [-0.1, -0.05) is 59.8 Å². The SMILES string of the molecule is CCONC(=O)c1csc(CSc2nnc(Cc3ccccc3)n2-c2cccc(Cl)c2)n1. The van der Waals surface area contributed by atoms with Gasteiger partial charge in [-0.05, 0) is 30.7 Å². The summed E-state index contributed by atoms with van der Waals surface area (Å²) in [6, 6.07) is 17.7. The molecule has 0 fully saturated rings. The summed E-state index contributed by atoms with van der Waals surface area (Å²) < 4.78 is 2.01. The van der Waals surface area contributed by atoms with Crippen molar-refractivity contribution in [3.05, 3.63) is 87.1 Å². The molecule has 0 atom stereocenters. The van der Waals surface area contributed by atoms with Crippen molar-refractivity contribution < 1.29 is 9.63 Å². The van der Waals surface area contributed by atoms with E-state index < -0.39 is 0 Å². The van der Waals surface area contributed by atoms with Crippen LogP contribution in [0.5, 0.6) is 0 Å². The quantitative estimate of drug-likeness (QED) is 0.267. The summed E-state index contributed by atoms with van der Waals surface area (Å²) in [5.74, 6) is 1.01. The Labute approximate surface area is 198 Å². The summed E-state index contributed by atoms with van der Waals surface area (Å²) >= 11 is 9.17. The van der Waals surface area contributed by atoms with Gasteiger partial charge in [-0.15, -0.1) is 21.5 Å². The van der Waals surface area contributed by atoms with E-state index in [0.29, 0.717) is 29.5 Å². The van der Waals surface area contributed by atoms with Crippen LogP contribution in [0.1, 0.15) is 33.8 Å². The van der Waals surface area contributed by atoms with Gasteiger partial charge >= 0.3 is 0 Å². The van der Waals surface area contributed by atoms with Gasteiger partial charge < -0.3 is 0 Å². The van der Waals surface area contributed by atoms with Gasteiger partial charge in [0.2, 0.25) is 0 Å². The van der Waals surface area contributed by atoms with Crippen molar-refractivity contribution in [3.63, 3.8) is 0 Å². The molecule has 0 aliphatic heterocycles. The highest BCUT2D eigenvalue weighted by Crippen LogP contribution is 2.28.